The van der Waals surface area contributed by atoms with Crippen LogP contribution >= 0.6 is 0 Å². The number of likely N-dealkylation sites (N-methyl/N-ethyl adjacent to an activating group) is 1. The molecule has 0 radical (unpaired) electrons. The molecule has 0 spiro atoms. The summed E-state index contributed by atoms with van der Waals surface area (Å²) in [5.41, 5.74) is 3.91. The van der Waals surface area contributed by atoms with Crippen LogP contribution in [-0.2, 0) is 6.54 Å². The number of carbonyl (C=O) groups is 1. The number of piperazine rings is 1. The van der Waals surface area contributed by atoms with Crippen LogP contribution in [0.1, 0.15) is 21.5 Å². The van der Waals surface area contributed by atoms with Gasteiger partial charge in [0.15, 0.2) is 0 Å². The van der Waals surface area contributed by atoms with Gasteiger partial charge < -0.3 is 10.2 Å². The Bertz CT molecular complexity index is 691. The number of hydrogen-bond donors (Lipinski definition) is 1. The van der Waals surface area contributed by atoms with E-state index < -0.39 is 0 Å². The van der Waals surface area contributed by atoms with E-state index in [4.69, 9.17) is 0 Å². The second-order valence-electron chi connectivity index (χ2n) is 6.55. The molecule has 1 saturated heterocycles. The van der Waals surface area contributed by atoms with Gasteiger partial charge in [0.2, 0.25) is 0 Å². The molecule has 1 aliphatic rings. The van der Waals surface area contributed by atoms with Crippen LogP contribution in [0.4, 0.5) is 5.69 Å². The van der Waals surface area contributed by atoms with Gasteiger partial charge in [-0.3, -0.25) is 9.69 Å². The van der Waals surface area contributed by atoms with Gasteiger partial charge in [-0.05, 0) is 43.3 Å². The number of rotatable bonds is 4. The summed E-state index contributed by atoms with van der Waals surface area (Å²) >= 11 is 0. The molecule has 0 unspecified atom stereocenters. The van der Waals surface area contributed by atoms with Crippen molar-refractivity contribution in [2.24, 2.45) is 0 Å². The number of anilines is 1. The average Bonchev–Trinajstić information content (AvgIpc) is 2.60. The third kappa shape index (κ3) is 4.22. The fraction of sp³-hybridized carbons (Fsp3) is 0.350. The molecule has 126 valence electrons. The van der Waals surface area contributed by atoms with Gasteiger partial charge in [0.05, 0.1) is 0 Å². The van der Waals surface area contributed by atoms with Crippen LogP contribution in [-0.4, -0.2) is 48.9 Å². The van der Waals surface area contributed by atoms with Crippen molar-refractivity contribution in [3.8, 4) is 0 Å². The van der Waals surface area contributed by atoms with E-state index in [2.05, 4.69) is 40.4 Å². The Hall–Kier alpha value is -2.17. The van der Waals surface area contributed by atoms with Crippen LogP contribution in [0, 0.1) is 6.92 Å². The standard InChI is InChI=1S/C20H25N3O/c1-16-8-9-17(15-23-12-10-22(2)11-13-23)14-19(16)21-20(24)18-6-4-3-5-7-18/h3-9,14H,10-13,15H2,1-2H3,(H,21,24). The zero-order valence-electron chi connectivity index (χ0n) is 14.5. The van der Waals surface area contributed by atoms with Crippen molar-refractivity contribution in [3.05, 3.63) is 65.2 Å². The summed E-state index contributed by atoms with van der Waals surface area (Å²) < 4.78 is 0. The highest BCUT2D eigenvalue weighted by Gasteiger charge is 2.14. The number of aryl methyl sites for hydroxylation is 1. The molecular formula is C20H25N3O. The van der Waals surface area contributed by atoms with E-state index in [0.29, 0.717) is 5.56 Å². The molecule has 24 heavy (non-hydrogen) atoms. The van der Waals surface area contributed by atoms with Gasteiger partial charge >= 0.3 is 0 Å². The van der Waals surface area contributed by atoms with Gasteiger partial charge in [0, 0.05) is 44.0 Å². The fourth-order valence-corrected chi connectivity index (χ4v) is 2.95. The number of hydrogen-bond acceptors (Lipinski definition) is 3. The van der Waals surface area contributed by atoms with E-state index in [1.165, 1.54) is 5.56 Å². The molecule has 4 nitrogen and oxygen atoms in total. The molecule has 0 aliphatic carbocycles. The third-order valence-electron chi connectivity index (χ3n) is 4.59. The van der Waals surface area contributed by atoms with Crippen molar-refractivity contribution in [2.75, 3.05) is 38.5 Å². The van der Waals surface area contributed by atoms with E-state index in [-0.39, 0.29) is 5.91 Å². The minimum atomic E-state index is -0.0598. The molecule has 1 amide bonds. The number of nitrogens with one attached hydrogen (secondary N) is 1. The molecule has 0 atom stereocenters. The first-order chi connectivity index (χ1) is 11.6. The molecule has 1 heterocycles. The highest BCUT2D eigenvalue weighted by atomic mass is 16.1. The Balaban J connectivity index is 1.68. The molecule has 0 aromatic heterocycles. The van der Waals surface area contributed by atoms with E-state index in [1.54, 1.807) is 0 Å². The van der Waals surface area contributed by atoms with Gasteiger partial charge in [-0.2, -0.15) is 0 Å². The summed E-state index contributed by atoms with van der Waals surface area (Å²) in [6, 6.07) is 15.7. The van der Waals surface area contributed by atoms with Gasteiger partial charge in [-0.1, -0.05) is 30.3 Å². The summed E-state index contributed by atoms with van der Waals surface area (Å²) in [4.78, 5) is 17.2. The Morgan fingerprint density at radius 1 is 1.04 bits per heavy atom. The molecule has 1 aliphatic heterocycles. The van der Waals surface area contributed by atoms with Crippen LogP contribution in [0.3, 0.4) is 0 Å². The van der Waals surface area contributed by atoms with Crippen LogP contribution < -0.4 is 5.32 Å². The minimum absolute atomic E-state index is 0.0598. The van der Waals surface area contributed by atoms with Crippen molar-refractivity contribution >= 4 is 11.6 Å². The lowest BCUT2D eigenvalue weighted by atomic mass is 10.1. The summed E-state index contributed by atoms with van der Waals surface area (Å²) in [5, 5.41) is 3.05. The van der Waals surface area contributed by atoms with E-state index in [0.717, 1.165) is 44.0 Å². The van der Waals surface area contributed by atoms with Gasteiger partial charge in [-0.25, -0.2) is 0 Å². The quantitative estimate of drug-likeness (QED) is 0.939. The second kappa shape index (κ2) is 7.60. The molecule has 4 heteroatoms. The van der Waals surface area contributed by atoms with Crippen molar-refractivity contribution < 1.29 is 4.79 Å². The van der Waals surface area contributed by atoms with Crippen molar-refractivity contribution in [2.45, 2.75) is 13.5 Å². The van der Waals surface area contributed by atoms with Gasteiger partial charge in [-0.15, -0.1) is 0 Å². The number of nitrogens with zero attached hydrogens (tertiary/aromatic N) is 2. The van der Waals surface area contributed by atoms with E-state index >= 15 is 0 Å². The molecular weight excluding hydrogens is 298 g/mol. The van der Waals surface area contributed by atoms with E-state index in [1.807, 2.05) is 37.3 Å². The SMILES string of the molecule is Cc1ccc(CN2CCN(C)CC2)cc1NC(=O)c1ccccc1. The zero-order valence-corrected chi connectivity index (χ0v) is 14.5. The Kier molecular flexibility index (Phi) is 5.28. The Morgan fingerprint density at radius 3 is 2.46 bits per heavy atom. The largest absolute Gasteiger partial charge is 0.322 e. The monoisotopic (exact) mass is 323 g/mol. The lowest BCUT2D eigenvalue weighted by Gasteiger charge is -2.32. The summed E-state index contributed by atoms with van der Waals surface area (Å²) in [6.45, 7) is 7.38. The molecule has 2 aromatic carbocycles. The smallest absolute Gasteiger partial charge is 0.255 e. The molecule has 0 bridgehead atoms. The first-order valence-corrected chi connectivity index (χ1v) is 8.48. The predicted molar refractivity (Wildman–Crippen MR) is 98.3 cm³/mol. The highest BCUT2D eigenvalue weighted by molar-refractivity contribution is 6.04. The maximum atomic E-state index is 12.4. The summed E-state index contributed by atoms with van der Waals surface area (Å²) in [5.74, 6) is -0.0598. The number of benzene rings is 2. The van der Waals surface area contributed by atoms with Crippen molar-refractivity contribution in [1.82, 2.24) is 9.80 Å². The summed E-state index contributed by atoms with van der Waals surface area (Å²) in [6.07, 6.45) is 0. The number of amides is 1. The van der Waals surface area contributed by atoms with Crippen molar-refractivity contribution in [1.29, 1.82) is 0 Å². The minimum Gasteiger partial charge on any atom is -0.322 e. The maximum Gasteiger partial charge on any atom is 0.255 e. The normalized spacial score (nSPS) is 16.1. The Labute approximate surface area is 144 Å². The van der Waals surface area contributed by atoms with Gasteiger partial charge in [0.25, 0.3) is 5.91 Å². The topological polar surface area (TPSA) is 35.6 Å². The fourth-order valence-electron chi connectivity index (χ4n) is 2.95. The average molecular weight is 323 g/mol. The van der Waals surface area contributed by atoms with Crippen LogP contribution in [0.2, 0.25) is 0 Å². The molecule has 3 rings (SSSR count). The van der Waals surface area contributed by atoms with Crippen LogP contribution in [0.15, 0.2) is 48.5 Å². The maximum absolute atomic E-state index is 12.4. The highest BCUT2D eigenvalue weighted by Crippen LogP contribution is 2.19. The number of carbonyl (C=O) groups excluding carboxylic acids is 1. The first kappa shape index (κ1) is 16.7. The molecule has 1 N–H and O–H groups in total. The van der Waals surface area contributed by atoms with Crippen LogP contribution in [0.5, 0.6) is 0 Å². The van der Waals surface area contributed by atoms with Crippen molar-refractivity contribution in [3.63, 3.8) is 0 Å². The molecule has 0 saturated carbocycles. The molecule has 1 fully saturated rings. The lowest BCUT2D eigenvalue weighted by molar-refractivity contribution is 0.102. The zero-order chi connectivity index (χ0) is 16.9. The predicted octanol–water partition coefficient (Wildman–Crippen LogP) is 2.99. The molecule has 2 aromatic rings. The van der Waals surface area contributed by atoms with E-state index in [9.17, 15) is 4.79 Å². The van der Waals surface area contributed by atoms with Gasteiger partial charge in [0.1, 0.15) is 0 Å². The third-order valence-corrected chi connectivity index (χ3v) is 4.59. The summed E-state index contributed by atoms with van der Waals surface area (Å²) in [7, 11) is 2.17. The Morgan fingerprint density at radius 2 is 1.75 bits per heavy atom. The lowest BCUT2D eigenvalue weighted by Crippen LogP contribution is -2.43. The second-order valence-corrected chi connectivity index (χ2v) is 6.55. The first-order valence-electron chi connectivity index (χ1n) is 8.48. The van der Waals surface area contributed by atoms with Crippen LogP contribution in [0.25, 0.3) is 0 Å².